The number of aromatic nitrogens is 1. The molecule has 0 saturated carbocycles. The van der Waals surface area contributed by atoms with Gasteiger partial charge in [0, 0.05) is 11.1 Å². The Morgan fingerprint density at radius 2 is 1.85 bits per heavy atom. The molecule has 3 nitrogen and oxygen atoms in total. The van der Waals surface area contributed by atoms with Gasteiger partial charge in [0.05, 0.1) is 5.52 Å². The van der Waals surface area contributed by atoms with E-state index < -0.39 is 5.60 Å². The molecule has 0 spiro atoms. The highest BCUT2D eigenvalue weighted by Gasteiger charge is 2.23. The Hall–Kier alpha value is -1.77. The number of nitrogens with zero attached hydrogens (tertiary/aromatic N) is 1. The summed E-state index contributed by atoms with van der Waals surface area (Å²) in [4.78, 5) is 12.5. The van der Waals surface area contributed by atoms with Crippen LogP contribution >= 0.6 is 0 Å². The van der Waals surface area contributed by atoms with Crippen LogP contribution in [0, 0.1) is 6.92 Å². The highest BCUT2D eigenvalue weighted by atomic mass is 16.6. The molecule has 1 heterocycles. The maximum atomic E-state index is 12.5. The third kappa shape index (κ3) is 2.87. The number of fused-ring (bicyclic) bond motifs is 1. The molecule has 0 radical (unpaired) electrons. The Morgan fingerprint density at radius 1 is 1.20 bits per heavy atom. The molecule has 0 aliphatic rings. The lowest BCUT2D eigenvalue weighted by Crippen LogP contribution is -2.28. The Kier molecular flexibility index (Phi) is 3.63. The van der Waals surface area contributed by atoms with Gasteiger partial charge in [0.15, 0.2) is 0 Å². The molecule has 0 saturated heterocycles. The van der Waals surface area contributed by atoms with Gasteiger partial charge in [0.25, 0.3) is 0 Å². The monoisotopic (exact) mass is 273 g/mol. The van der Waals surface area contributed by atoms with E-state index in [1.54, 1.807) is 4.57 Å². The largest absolute Gasteiger partial charge is 0.443 e. The molecular weight excluding hydrogens is 250 g/mol. The van der Waals surface area contributed by atoms with Crippen molar-refractivity contribution in [1.29, 1.82) is 0 Å². The van der Waals surface area contributed by atoms with Crippen LogP contribution in [-0.4, -0.2) is 16.3 Å². The van der Waals surface area contributed by atoms with Crippen LogP contribution in [0.15, 0.2) is 24.3 Å². The topological polar surface area (TPSA) is 31.2 Å². The molecule has 2 aromatic rings. The van der Waals surface area contributed by atoms with Gasteiger partial charge in [-0.15, -0.1) is 0 Å². The van der Waals surface area contributed by atoms with Crippen molar-refractivity contribution in [3.05, 3.63) is 35.5 Å². The van der Waals surface area contributed by atoms with Crippen molar-refractivity contribution in [2.24, 2.45) is 0 Å². The van der Waals surface area contributed by atoms with Crippen LogP contribution in [0.25, 0.3) is 10.9 Å². The zero-order valence-corrected chi connectivity index (χ0v) is 13.2. The first-order chi connectivity index (χ1) is 9.19. The third-order valence-electron chi connectivity index (χ3n) is 3.15. The number of carbonyl (C=O) groups excluding carboxylic acids is 1. The first-order valence-electron chi connectivity index (χ1n) is 7.04. The normalized spacial score (nSPS) is 12.2. The predicted octanol–water partition coefficient (Wildman–Crippen LogP) is 4.86. The smallest absolute Gasteiger partial charge is 0.419 e. The fraction of sp³-hybridized carbons (Fsp3) is 0.471. The van der Waals surface area contributed by atoms with Gasteiger partial charge >= 0.3 is 6.09 Å². The quantitative estimate of drug-likeness (QED) is 0.743. The zero-order valence-electron chi connectivity index (χ0n) is 13.2. The summed E-state index contributed by atoms with van der Waals surface area (Å²) in [5, 5.41) is 1.08. The van der Waals surface area contributed by atoms with Crippen LogP contribution in [0.1, 0.15) is 51.8 Å². The van der Waals surface area contributed by atoms with Crippen molar-refractivity contribution < 1.29 is 9.53 Å². The van der Waals surface area contributed by atoms with Crippen molar-refractivity contribution >= 4 is 17.0 Å². The molecule has 0 fully saturated rings. The highest BCUT2D eigenvalue weighted by Crippen LogP contribution is 2.27. The van der Waals surface area contributed by atoms with Gasteiger partial charge in [-0.3, -0.25) is 0 Å². The minimum Gasteiger partial charge on any atom is -0.443 e. The van der Waals surface area contributed by atoms with E-state index in [1.807, 2.05) is 32.9 Å². The third-order valence-corrected chi connectivity index (χ3v) is 3.15. The summed E-state index contributed by atoms with van der Waals surface area (Å²) in [6.45, 7) is 11.9. The number of benzene rings is 1. The van der Waals surface area contributed by atoms with E-state index >= 15 is 0 Å². The summed E-state index contributed by atoms with van der Waals surface area (Å²) < 4.78 is 7.23. The molecule has 0 aliphatic carbocycles. The number of aryl methyl sites for hydroxylation is 1. The van der Waals surface area contributed by atoms with Gasteiger partial charge < -0.3 is 4.74 Å². The zero-order chi connectivity index (χ0) is 15.1. The predicted molar refractivity (Wildman–Crippen MR) is 82.4 cm³/mol. The molecule has 0 aliphatic heterocycles. The van der Waals surface area contributed by atoms with Gasteiger partial charge in [0.1, 0.15) is 5.60 Å². The van der Waals surface area contributed by atoms with Gasteiger partial charge in [0.2, 0.25) is 0 Å². The van der Waals surface area contributed by atoms with Crippen LogP contribution in [0.5, 0.6) is 0 Å². The molecule has 3 heteroatoms. The van der Waals surface area contributed by atoms with E-state index in [2.05, 4.69) is 32.9 Å². The number of ether oxygens (including phenoxy) is 1. The molecule has 108 valence electrons. The molecule has 0 N–H and O–H groups in total. The Morgan fingerprint density at radius 3 is 2.40 bits per heavy atom. The van der Waals surface area contributed by atoms with Crippen LogP contribution in [0.4, 0.5) is 4.79 Å². The van der Waals surface area contributed by atoms with E-state index in [9.17, 15) is 4.79 Å². The maximum Gasteiger partial charge on any atom is 0.419 e. The van der Waals surface area contributed by atoms with Crippen LogP contribution in [0.2, 0.25) is 0 Å². The SMILES string of the molecule is Cc1ccc2c(c1)cc(C(C)C)n2C(=O)OC(C)(C)C. The van der Waals surface area contributed by atoms with Crippen LogP contribution < -0.4 is 0 Å². The molecule has 1 aromatic carbocycles. The molecule has 0 bridgehead atoms. The van der Waals surface area contributed by atoms with Crippen molar-refractivity contribution in [3.8, 4) is 0 Å². The fourth-order valence-electron chi connectivity index (χ4n) is 2.29. The van der Waals surface area contributed by atoms with Gasteiger partial charge in [-0.2, -0.15) is 0 Å². The first kappa shape index (κ1) is 14.6. The van der Waals surface area contributed by atoms with E-state index in [1.165, 1.54) is 5.56 Å². The standard InChI is InChI=1S/C17H23NO2/c1-11(2)15-10-13-9-12(3)7-8-14(13)18(15)16(19)20-17(4,5)6/h7-11H,1-6H3. The molecule has 0 atom stereocenters. The summed E-state index contributed by atoms with van der Waals surface area (Å²) >= 11 is 0. The van der Waals surface area contributed by atoms with Gasteiger partial charge in [-0.25, -0.2) is 9.36 Å². The first-order valence-corrected chi connectivity index (χ1v) is 7.04. The van der Waals surface area contributed by atoms with Crippen LogP contribution in [-0.2, 0) is 4.74 Å². The number of carbonyl (C=O) groups is 1. The second kappa shape index (κ2) is 4.97. The number of rotatable bonds is 1. The second-order valence-electron chi connectivity index (χ2n) is 6.60. The minimum absolute atomic E-state index is 0.259. The lowest BCUT2D eigenvalue weighted by molar-refractivity contribution is 0.0539. The molecule has 2 rings (SSSR count). The van der Waals surface area contributed by atoms with E-state index in [0.29, 0.717) is 0 Å². The molecule has 1 aromatic heterocycles. The highest BCUT2D eigenvalue weighted by molar-refractivity contribution is 5.91. The van der Waals surface area contributed by atoms with Crippen molar-refractivity contribution in [2.45, 2.75) is 53.1 Å². The van der Waals surface area contributed by atoms with Crippen molar-refractivity contribution in [3.63, 3.8) is 0 Å². The second-order valence-corrected chi connectivity index (χ2v) is 6.60. The average molecular weight is 273 g/mol. The van der Waals surface area contributed by atoms with E-state index in [-0.39, 0.29) is 12.0 Å². The van der Waals surface area contributed by atoms with Crippen LogP contribution in [0.3, 0.4) is 0 Å². The van der Waals surface area contributed by atoms with Gasteiger partial charge in [-0.05, 0) is 51.8 Å². The molecule has 0 amide bonds. The fourth-order valence-corrected chi connectivity index (χ4v) is 2.29. The minimum atomic E-state index is -0.493. The Labute approximate surface area is 120 Å². The summed E-state index contributed by atoms with van der Waals surface area (Å²) in [6.07, 6.45) is -0.306. The number of hydrogen-bond acceptors (Lipinski definition) is 2. The molecular formula is C17H23NO2. The average Bonchev–Trinajstić information content (AvgIpc) is 2.64. The van der Waals surface area contributed by atoms with Crippen molar-refractivity contribution in [1.82, 2.24) is 4.57 Å². The van der Waals surface area contributed by atoms with Gasteiger partial charge in [-0.1, -0.05) is 25.5 Å². The lowest BCUT2D eigenvalue weighted by Gasteiger charge is -2.21. The number of hydrogen-bond donors (Lipinski definition) is 0. The molecule has 20 heavy (non-hydrogen) atoms. The summed E-state index contributed by atoms with van der Waals surface area (Å²) in [5.41, 5.74) is 2.59. The van der Waals surface area contributed by atoms with E-state index in [4.69, 9.17) is 4.74 Å². The Balaban J connectivity index is 2.60. The summed E-state index contributed by atoms with van der Waals surface area (Å²) in [6, 6.07) is 8.19. The van der Waals surface area contributed by atoms with Crippen molar-refractivity contribution in [2.75, 3.05) is 0 Å². The van der Waals surface area contributed by atoms with E-state index in [0.717, 1.165) is 16.6 Å². The summed E-state index contributed by atoms with van der Waals surface area (Å²) in [5.74, 6) is 0.259. The molecule has 0 unspecified atom stereocenters. The maximum absolute atomic E-state index is 12.5. The lowest BCUT2D eigenvalue weighted by atomic mass is 10.1. The Bertz CT molecular complexity index is 645. The summed E-state index contributed by atoms with van der Waals surface area (Å²) in [7, 11) is 0.